The van der Waals surface area contributed by atoms with Crippen LogP contribution in [0, 0.1) is 0 Å². The molecule has 5 rings (SSSR count). The Kier molecular flexibility index (Phi) is 2.98. The van der Waals surface area contributed by atoms with Gasteiger partial charge in [0, 0.05) is 43.5 Å². The van der Waals surface area contributed by atoms with Crippen LogP contribution in [0.2, 0.25) is 0 Å². The maximum Gasteiger partial charge on any atom is 0.0503 e. The van der Waals surface area contributed by atoms with Gasteiger partial charge in [-0.1, -0.05) is 37.6 Å². The molecule has 0 atom stereocenters. The van der Waals surface area contributed by atoms with Gasteiger partial charge in [0.2, 0.25) is 0 Å². The van der Waals surface area contributed by atoms with Crippen molar-refractivity contribution < 1.29 is 0 Å². The van der Waals surface area contributed by atoms with Gasteiger partial charge in [0.05, 0.1) is 5.52 Å². The maximum absolute atomic E-state index is 2.40. The lowest BCUT2D eigenvalue weighted by molar-refractivity contribution is 0.923. The van der Waals surface area contributed by atoms with E-state index < -0.39 is 0 Å². The summed E-state index contributed by atoms with van der Waals surface area (Å²) >= 11 is 1.89. The number of hydrogen-bond donors (Lipinski definition) is 0. The van der Waals surface area contributed by atoms with Crippen molar-refractivity contribution in [2.24, 2.45) is 7.05 Å². The van der Waals surface area contributed by atoms with Crippen LogP contribution in [0.4, 0.5) is 0 Å². The lowest BCUT2D eigenvalue weighted by atomic mass is 10.0. The molecule has 24 heavy (non-hydrogen) atoms. The second kappa shape index (κ2) is 5.09. The van der Waals surface area contributed by atoms with Gasteiger partial charge in [0.15, 0.2) is 0 Å². The molecule has 118 valence electrons. The Bertz CT molecular complexity index is 1220. The number of rotatable bonds is 2. The average molecular weight is 329 g/mol. The lowest BCUT2D eigenvalue weighted by Crippen LogP contribution is -1.87. The van der Waals surface area contributed by atoms with E-state index in [0.717, 1.165) is 6.42 Å². The third-order valence-electron chi connectivity index (χ3n) is 5.11. The van der Waals surface area contributed by atoms with Crippen LogP contribution >= 0.6 is 11.3 Å². The van der Waals surface area contributed by atoms with Gasteiger partial charge in [-0.25, -0.2) is 0 Å². The van der Waals surface area contributed by atoms with E-state index in [1.54, 1.807) is 0 Å². The predicted molar refractivity (Wildman–Crippen MR) is 107 cm³/mol. The number of aromatic nitrogens is 1. The zero-order chi connectivity index (χ0) is 16.3. The molecular formula is C22H19NS. The van der Waals surface area contributed by atoms with Gasteiger partial charge >= 0.3 is 0 Å². The van der Waals surface area contributed by atoms with E-state index in [-0.39, 0.29) is 0 Å². The van der Waals surface area contributed by atoms with Gasteiger partial charge in [-0.15, -0.1) is 11.3 Å². The summed E-state index contributed by atoms with van der Waals surface area (Å²) in [6.07, 6.45) is 2.34. The second-order valence-electron chi connectivity index (χ2n) is 6.62. The van der Waals surface area contributed by atoms with E-state index in [4.69, 9.17) is 0 Å². The molecule has 0 aliphatic heterocycles. The van der Waals surface area contributed by atoms with E-state index in [1.807, 2.05) is 11.3 Å². The SMILES string of the molecule is CCCc1ccc2c(c1)c1cc3c(cc1n2C)sc1ccccc13. The molecule has 0 N–H and O–H groups in total. The number of fused-ring (bicyclic) bond motifs is 6. The third kappa shape index (κ3) is 1.87. The summed E-state index contributed by atoms with van der Waals surface area (Å²) in [6.45, 7) is 2.24. The second-order valence-corrected chi connectivity index (χ2v) is 7.71. The van der Waals surface area contributed by atoms with Crippen LogP contribution in [0.3, 0.4) is 0 Å². The summed E-state index contributed by atoms with van der Waals surface area (Å²) in [7, 11) is 2.18. The topological polar surface area (TPSA) is 4.93 Å². The van der Waals surface area contributed by atoms with E-state index in [2.05, 4.69) is 73.1 Å². The van der Waals surface area contributed by atoms with Crippen molar-refractivity contribution in [1.82, 2.24) is 4.57 Å². The molecular weight excluding hydrogens is 310 g/mol. The van der Waals surface area contributed by atoms with Crippen LogP contribution in [-0.4, -0.2) is 4.57 Å². The predicted octanol–water partition coefficient (Wildman–Crippen LogP) is 6.65. The van der Waals surface area contributed by atoms with Gasteiger partial charge in [-0.2, -0.15) is 0 Å². The van der Waals surface area contributed by atoms with Crippen LogP contribution in [-0.2, 0) is 13.5 Å². The molecule has 2 heteroatoms. The molecule has 5 aromatic rings. The van der Waals surface area contributed by atoms with Crippen molar-refractivity contribution >= 4 is 53.3 Å². The summed E-state index contributed by atoms with van der Waals surface area (Å²) in [5.41, 5.74) is 4.09. The Morgan fingerprint density at radius 1 is 0.792 bits per heavy atom. The van der Waals surface area contributed by atoms with Crippen molar-refractivity contribution in [3.8, 4) is 0 Å². The molecule has 0 aliphatic rings. The number of hydrogen-bond acceptors (Lipinski definition) is 1. The van der Waals surface area contributed by atoms with Crippen molar-refractivity contribution in [2.45, 2.75) is 19.8 Å². The van der Waals surface area contributed by atoms with Crippen molar-refractivity contribution in [1.29, 1.82) is 0 Å². The molecule has 0 bridgehead atoms. The smallest absolute Gasteiger partial charge is 0.0503 e. The van der Waals surface area contributed by atoms with E-state index in [9.17, 15) is 0 Å². The summed E-state index contributed by atoms with van der Waals surface area (Å²) in [6, 6.07) is 20.5. The van der Waals surface area contributed by atoms with Gasteiger partial charge in [-0.05, 0) is 42.3 Å². The highest BCUT2D eigenvalue weighted by Crippen LogP contribution is 2.39. The van der Waals surface area contributed by atoms with Gasteiger partial charge in [0.1, 0.15) is 0 Å². The quantitative estimate of drug-likeness (QED) is 0.341. The Hall–Kier alpha value is -2.32. The van der Waals surface area contributed by atoms with Crippen LogP contribution in [0.25, 0.3) is 42.0 Å². The Labute approximate surface area is 145 Å². The summed E-state index contributed by atoms with van der Waals surface area (Å²) in [5.74, 6) is 0. The van der Waals surface area contributed by atoms with Crippen LogP contribution in [0.1, 0.15) is 18.9 Å². The standard InChI is InChI=1S/C22H19NS/c1-3-6-14-9-10-19-16(11-14)17-12-18-15-7-4-5-8-21(15)24-22(18)13-20(17)23(19)2/h4-5,7-13H,3,6H2,1-2H3. The van der Waals surface area contributed by atoms with E-state index in [1.165, 1.54) is 54.0 Å². The van der Waals surface area contributed by atoms with Crippen LogP contribution in [0.5, 0.6) is 0 Å². The molecule has 0 radical (unpaired) electrons. The van der Waals surface area contributed by atoms with E-state index >= 15 is 0 Å². The Morgan fingerprint density at radius 2 is 1.62 bits per heavy atom. The first kappa shape index (κ1) is 14.1. The number of nitrogens with zero attached hydrogens (tertiary/aromatic N) is 1. The van der Waals surface area contributed by atoms with Gasteiger partial charge in [-0.3, -0.25) is 0 Å². The molecule has 0 amide bonds. The zero-order valence-corrected chi connectivity index (χ0v) is 14.8. The molecule has 0 saturated heterocycles. The summed E-state index contributed by atoms with van der Waals surface area (Å²) in [4.78, 5) is 0. The molecule has 0 spiro atoms. The fourth-order valence-electron chi connectivity index (χ4n) is 3.92. The highest BCUT2D eigenvalue weighted by Gasteiger charge is 2.12. The minimum Gasteiger partial charge on any atom is -0.344 e. The first-order chi connectivity index (χ1) is 11.8. The first-order valence-electron chi connectivity index (χ1n) is 8.58. The molecule has 1 nitrogen and oxygen atoms in total. The fraction of sp³-hybridized carbons (Fsp3) is 0.182. The summed E-state index contributed by atoms with van der Waals surface area (Å²) in [5, 5.41) is 5.52. The summed E-state index contributed by atoms with van der Waals surface area (Å²) < 4.78 is 5.09. The van der Waals surface area contributed by atoms with Crippen molar-refractivity contribution in [2.75, 3.05) is 0 Å². The van der Waals surface area contributed by atoms with Gasteiger partial charge < -0.3 is 4.57 Å². The minimum atomic E-state index is 1.15. The molecule has 0 saturated carbocycles. The van der Waals surface area contributed by atoms with Crippen molar-refractivity contribution in [3.05, 3.63) is 60.2 Å². The number of benzene rings is 3. The molecule has 2 heterocycles. The molecule has 2 aromatic heterocycles. The fourth-order valence-corrected chi connectivity index (χ4v) is 5.04. The highest BCUT2D eigenvalue weighted by molar-refractivity contribution is 7.25. The Balaban J connectivity index is 1.94. The molecule has 0 fully saturated rings. The average Bonchev–Trinajstić information content (AvgIpc) is 3.10. The van der Waals surface area contributed by atoms with Gasteiger partial charge in [0.25, 0.3) is 0 Å². The lowest BCUT2D eigenvalue weighted by Gasteiger charge is -2.00. The van der Waals surface area contributed by atoms with E-state index in [0.29, 0.717) is 0 Å². The third-order valence-corrected chi connectivity index (χ3v) is 6.24. The minimum absolute atomic E-state index is 1.15. The Morgan fingerprint density at radius 3 is 2.50 bits per heavy atom. The molecule has 0 unspecified atom stereocenters. The maximum atomic E-state index is 2.40. The first-order valence-corrected chi connectivity index (χ1v) is 9.40. The van der Waals surface area contributed by atoms with Crippen LogP contribution in [0.15, 0.2) is 54.6 Å². The highest BCUT2D eigenvalue weighted by atomic mass is 32.1. The number of aryl methyl sites for hydroxylation is 2. The zero-order valence-electron chi connectivity index (χ0n) is 14.0. The number of thiophene rings is 1. The normalized spacial score (nSPS) is 12.1. The largest absolute Gasteiger partial charge is 0.344 e. The van der Waals surface area contributed by atoms with Crippen molar-refractivity contribution in [3.63, 3.8) is 0 Å². The molecule has 3 aromatic carbocycles. The molecule has 0 aliphatic carbocycles. The monoisotopic (exact) mass is 329 g/mol. The van der Waals surface area contributed by atoms with Crippen LogP contribution < -0.4 is 0 Å².